The summed E-state index contributed by atoms with van der Waals surface area (Å²) in [7, 11) is 0. The number of aromatic hydroxyl groups is 1. The number of carbonyl (C=O) groups excluding carboxylic acids is 1. The van der Waals surface area contributed by atoms with E-state index in [2.05, 4.69) is 20.7 Å². The number of carbonyl (C=O) groups is 1. The van der Waals surface area contributed by atoms with Gasteiger partial charge in [-0.05, 0) is 72.3 Å². The van der Waals surface area contributed by atoms with Gasteiger partial charge in [0.25, 0.3) is 11.7 Å². The standard InChI is InChI=1S/C25H23N5O2S/c1-2-22(18-13-15-21(31)16-14-18)26-27-23(32)17-33-25-29-28-24(19-9-5-3-6-10-19)30(25)20-11-7-4-8-12-20/h3-16H,2,17H2,1H3,(H2,26,27,31,32)/p+1. The van der Waals surface area contributed by atoms with Crippen LogP contribution in [0.5, 0.6) is 5.75 Å². The van der Waals surface area contributed by atoms with Crippen LogP contribution in [-0.2, 0) is 4.79 Å². The van der Waals surface area contributed by atoms with Crippen molar-refractivity contribution in [3.05, 3.63) is 90.5 Å². The molecule has 0 spiro atoms. The fourth-order valence-corrected chi connectivity index (χ4v) is 4.05. The van der Waals surface area contributed by atoms with E-state index in [1.807, 2.05) is 72.2 Å². The van der Waals surface area contributed by atoms with E-state index in [-0.39, 0.29) is 17.4 Å². The minimum Gasteiger partial charge on any atom is -0.508 e. The molecule has 0 aliphatic heterocycles. The summed E-state index contributed by atoms with van der Waals surface area (Å²) in [6.45, 7) is 1.96. The Kier molecular flexibility index (Phi) is 7.16. The monoisotopic (exact) mass is 458 g/mol. The lowest BCUT2D eigenvalue weighted by Crippen LogP contribution is -2.34. The zero-order chi connectivity index (χ0) is 23.0. The summed E-state index contributed by atoms with van der Waals surface area (Å²) in [5.41, 5.74) is 6.17. The fraction of sp³-hybridized carbons (Fsp3) is 0.120. The maximum absolute atomic E-state index is 12.5. The van der Waals surface area contributed by atoms with Crippen LogP contribution in [0.3, 0.4) is 0 Å². The molecule has 0 unspecified atom stereocenters. The molecule has 1 amide bonds. The van der Waals surface area contributed by atoms with Crippen LogP contribution in [0.25, 0.3) is 17.1 Å². The Morgan fingerprint density at radius 1 is 1.03 bits per heavy atom. The number of hydrogen-bond donors (Lipinski definition) is 3. The third kappa shape index (κ3) is 5.48. The molecule has 3 N–H and O–H groups in total. The molecule has 3 aromatic carbocycles. The Balaban J connectivity index is 1.50. The molecule has 0 aliphatic carbocycles. The Morgan fingerprint density at radius 2 is 1.70 bits per heavy atom. The van der Waals surface area contributed by atoms with Gasteiger partial charge in [-0.25, -0.2) is 5.43 Å². The van der Waals surface area contributed by atoms with Gasteiger partial charge >= 0.3 is 5.16 Å². The number of aromatic amines is 1. The highest BCUT2D eigenvalue weighted by Crippen LogP contribution is 2.20. The van der Waals surface area contributed by atoms with Crippen molar-refractivity contribution in [2.45, 2.75) is 18.5 Å². The van der Waals surface area contributed by atoms with Gasteiger partial charge in [-0.3, -0.25) is 4.79 Å². The molecule has 0 aliphatic rings. The topological polar surface area (TPSA) is 94.2 Å². The number of phenolic OH excluding ortho intramolecular Hbond substituents is 1. The van der Waals surface area contributed by atoms with Crippen LogP contribution in [0.15, 0.2) is 95.2 Å². The number of thioether (sulfide) groups is 1. The van der Waals surface area contributed by atoms with E-state index in [1.165, 1.54) is 11.8 Å². The number of H-pyrrole nitrogens is 1. The number of nitrogens with zero attached hydrogens (tertiary/aromatic N) is 3. The molecule has 8 heteroatoms. The van der Waals surface area contributed by atoms with Crippen molar-refractivity contribution < 1.29 is 14.5 Å². The number of aromatic nitrogens is 3. The second-order valence-corrected chi connectivity index (χ2v) is 8.12. The number of hydrazone groups is 1. The van der Waals surface area contributed by atoms with E-state index in [0.29, 0.717) is 11.6 Å². The van der Waals surface area contributed by atoms with Gasteiger partial charge in [0.05, 0.1) is 22.1 Å². The fourth-order valence-electron chi connectivity index (χ4n) is 3.29. The van der Waals surface area contributed by atoms with Crippen LogP contribution in [0.4, 0.5) is 0 Å². The Morgan fingerprint density at radius 3 is 2.36 bits per heavy atom. The van der Waals surface area contributed by atoms with Crippen LogP contribution in [0.2, 0.25) is 0 Å². The summed E-state index contributed by atoms with van der Waals surface area (Å²) in [5.74, 6) is 0.953. The zero-order valence-corrected chi connectivity index (χ0v) is 18.9. The lowest BCUT2D eigenvalue weighted by atomic mass is 10.1. The van der Waals surface area contributed by atoms with Gasteiger partial charge in [0.15, 0.2) is 0 Å². The summed E-state index contributed by atoms with van der Waals surface area (Å²) in [5, 5.41) is 22.0. The minimum atomic E-state index is -0.228. The van der Waals surface area contributed by atoms with Crippen LogP contribution < -0.4 is 9.99 Å². The van der Waals surface area contributed by atoms with Gasteiger partial charge in [0.2, 0.25) is 0 Å². The lowest BCUT2D eigenvalue weighted by molar-refractivity contribution is -0.625. The molecule has 0 radical (unpaired) electrons. The first-order chi connectivity index (χ1) is 16.2. The normalized spacial score (nSPS) is 11.4. The van der Waals surface area contributed by atoms with Crippen molar-refractivity contribution in [2.75, 3.05) is 5.75 Å². The molecule has 0 saturated heterocycles. The summed E-state index contributed by atoms with van der Waals surface area (Å²) < 4.78 is 2.00. The number of benzene rings is 3. The molecule has 0 saturated carbocycles. The zero-order valence-electron chi connectivity index (χ0n) is 18.1. The van der Waals surface area contributed by atoms with Crippen LogP contribution in [-0.4, -0.2) is 32.7 Å². The molecule has 0 atom stereocenters. The van der Waals surface area contributed by atoms with E-state index >= 15 is 0 Å². The summed E-state index contributed by atoms with van der Waals surface area (Å²) in [6, 6.07) is 26.6. The third-order valence-electron chi connectivity index (χ3n) is 4.92. The van der Waals surface area contributed by atoms with Gasteiger partial charge in [0.1, 0.15) is 11.4 Å². The van der Waals surface area contributed by atoms with E-state index in [1.54, 1.807) is 24.3 Å². The molecule has 0 bridgehead atoms. The maximum atomic E-state index is 12.5. The van der Waals surface area contributed by atoms with Gasteiger partial charge in [-0.1, -0.05) is 43.3 Å². The predicted octanol–water partition coefficient (Wildman–Crippen LogP) is 4.08. The number of phenols is 1. The summed E-state index contributed by atoms with van der Waals surface area (Å²) in [4.78, 5) is 12.5. The van der Waals surface area contributed by atoms with Crippen LogP contribution >= 0.6 is 11.8 Å². The smallest absolute Gasteiger partial charge is 0.342 e. The Bertz CT molecular complexity index is 1240. The van der Waals surface area contributed by atoms with Crippen molar-refractivity contribution in [3.63, 3.8) is 0 Å². The van der Waals surface area contributed by atoms with Crippen molar-refractivity contribution in [1.82, 2.24) is 15.6 Å². The quantitative estimate of drug-likeness (QED) is 0.160. The summed E-state index contributed by atoms with van der Waals surface area (Å²) in [6.07, 6.45) is 0.645. The molecule has 4 aromatic rings. The molecule has 166 valence electrons. The predicted molar refractivity (Wildman–Crippen MR) is 129 cm³/mol. The van der Waals surface area contributed by atoms with E-state index < -0.39 is 0 Å². The average Bonchev–Trinajstić information content (AvgIpc) is 3.29. The van der Waals surface area contributed by atoms with E-state index in [4.69, 9.17) is 0 Å². The molecule has 7 nitrogen and oxygen atoms in total. The van der Waals surface area contributed by atoms with Crippen LogP contribution in [0, 0.1) is 0 Å². The van der Waals surface area contributed by atoms with Gasteiger partial charge in [0, 0.05) is 0 Å². The van der Waals surface area contributed by atoms with Crippen molar-refractivity contribution >= 4 is 23.4 Å². The molecule has 33 heavy (non-hydrogen) atoms. The molecule has 0 fully saturated rings. The maximum Gasteiger partial charge on any atom is 0.342 e. The summed E-state index contributed by atoms with van der Waals surface area (Å²) >= 11 is 1.33. The van der Waals surface area contributed by atoms with Crippen molar-refractivity contribution in [1.29, 1.82) is 0 Å². The van der Waals surface area contributed by atoms with Crippen LogP contribution in [0.1, 0.15) is 18.9 Å². The molecule has 4 rings (SSSR count). The molecule has 1 aromatic heterocycles. The highest BCUT2D eigenvalue weighted by atomic mass is 32.2. The number of hydrogen-bond acceptors (Lipinski definition) is 5. The lowest BCUT2D eigenvalue weighted by Gasteiger charge is -2.06. The van der Waals surface area contributed by atoms with Crippen molar-refractivity contribution in [2.24, 2.45) is 5.10 Å². The molecular weight excluding hydrogens is 434 g/mol. The Hall–Kier alpha value is -3.91. The third-order valence-corrected chi connectivity index (χ3v) is 5.86. The first-order valence-corrected chi connectivity index (χ1v) is 11.5. The average molecular weight is 459 g/mol. The van der Waals surface area contributed by atoms with Gasteiger partial charge in [-0.15, -0.1) is 5.10 Å². The SMILES string of the molecule is CCC(=NNC(=O)CSc1n[nH]c(-c2ccccc2)[n+]1-c1ccccc1)c1ccc(O)cc1. The highest BCUT2D eigenvalue weighted by Gasteiger charge is 2.24. The number of nitrogens with one attached hydrogen (secondary N) is 2. The minimum absolute atomic E-state index is 0.155. The largest absolute Gasteiger partial charge is 0.508 e. The van der Waals surface area contributed by atoms with Gasteiger partial charge in [-0.2, -0.15) is 9.67 Å². The first kappa shape index (κ1) is 22.3. The Labute approximate surface area is 196 Å². The second-order valence-electron chi connectivity index (χ2n) is 7.17. The first-order valence-electron chi connectivity index (χ1n) is 10.5. The van der Waals surface area contributed by atoms with Gasteiger partial charge < -0.3 is 5.11 Å². The van der Waals surface area contributed by atoms with E-state index in [0.717, 1.165) is 28.4 Å². The number of para-hydroxylation sites is 1. The van der Waals surface area contributed by atoms with Crippen molar-refractivity contribution in [3.8, 4) is 22.8 Å². The molecular formula is C25H24N5O2S+. The van der Waals surface area contributed by atoms with E-state index in [9.17, 15) is 9.90 Å². The number of amides is 1. The number of rotatable bonds is 8. The second kappa shape index (κ2) is 10.6. The molecule has 1 heterocycles. The highest BCUT2D eigenvalue weighted by molar-refractivity contribution is 7.99.